The van der Waals surface area contributed by atoms with Crippen LogP contribution in [0.2, 0.25) is 0 Å². The Hall–Kier alpha value is -1.30. The molecule has 2 amide bonds. The molecule has 3 atom stereocenters. The summed E-state index contributed by atoms with van der Waals surface area (Å²) >= 11 is 0. The summed E-state index contributed by atoms with van der Waals surface area (Å²) in [7, 11) is 0. The van der Waals surface area contributed by atoms with Gasteiger partial charge in [0.15, 0.2) is 0 Å². The molecule has 0 aromatic carbocycles. The average molecular weight is 313 g/mol. The van der Waals surface area contributed by atoms with E-state index in [-0.39, 0.29) is 24.1 Å². The van der Waals surface area contributed by atoms with E-state index >= 15 is 0 Å². The topological polar surface area (TPSA) is 84.7 Å². The number of amides is 2. The standard InChI is InChI=1S/C16H31N3O3/c1-6-19(15(21)22-16(3,4)5)13-10-8-7-9-12(13)18-14(20)11(2)17/h11-13H,6-10,17H2,1-5H3,(H,18,20)/t11-,12+,13+/m0/s1. The van der Waals surface area contributed by atoms with E-state index in [2.05, 4.69) is 5.32 Å². The van der Waals surface area contributed by atoms with E-state index in [1.807, 2.05) is 27.7 Å². The Bertz CT molecular complexity index is 391. The van der Waals surface area contributed by atoms with Crippen LogP contribution in [0.25, 0.3) is 0 Å². The molecule has 0 spiro atoms. The number of rotatable bonds is 4. The van der Waals surface area contributed by atoms with Crippen molar-refractivity contribution in [1.29, 1.82) is 0 Å². The highest BCUT2D eigenvalue weighted by molar-refractivity contribution is 5.81. The Balaban J connectivity index is 2.81. The molecule has 0 heterocycles. The molecule has 1 aliphatic carbocycles. The molecule has 1 fully saturated rings. The SMILES string of the molecule is CCN(C(=O)OC(C)(C)C)[C@@H]1CCCC[C@H]1NC(=O)[C@H](C)N. The molecular weight excluding hydrogens is 282 g/mol. The third kappa shape index (κ3) is 5.48. The first kappa shape index (κ1) is 18.7. The Labute approximate surface area is 133 Å². The zero-order valence-corrected chi connectivity index (χ0v) is 14.5. The molecule has 1 saturated carbocycles. The van der Waals surface area contributed by atoms with Crippen LogP contribution in [0, 0.1) is 0 Å². The summed E-state index contributed by atoms with van der Waals surface area (Å²) in [6.45, 7) is 9.73. The van der Waals surface area contributed by atoms with Gasteiger partial charge in [0, 0.05) is 12.6 Å². The lowest BCUT2D eigenvalue weighted by Crippen LogP contribution is -2.57. The Morgan fingerprint density at radius 2 is 1.91 bits per heavy atom. The van der Waals surface area contributed by atoms with E-state index in [1.165, 1.54) is 0 Å². The van der Waals surface area contributed by atoms with Gasteiger partial charge in [-0.25, -0.2) is 4.79 Å². The summed E-state index contributed by atoms with van der Waals surface area (Å²) in [5.74, 6) is -0.169. The first-order chi connectivity index (χ1) is 10.2. The maximum Gasteiger partial charge on any atom is 0.410 e. The molecule has 6 heteroatoms. The van der Waals surface area contributed by atoms with Crippen molar-refractivity contribution in [2.75, 3.05) is 6.54 Å². The molecule has 0 aromatic rings. The van der Waals surface area contributed by atoms with Crippen molar-refractivity contribution in [1.82, 2.24) is 10.2 Å². The first-order valence-corrected chi connectivity index (χ1v) is 8.21. The molecule has 0 bridgehead atoms. The van der Waals surface area contributed by atoms with Gasteiger partial charge in [0.05, 0.1) is 12.1 Å². The highest BCUT2D eigenvalue weighted by atomic mass is 16.6. The Morgan fingerprint density at radius 1 is 1.32 bits per heavy atom. The van der Waals surface area contributed by atoms with E-state index in [0.717, 1.165) is 25.7 Å². The van der Waals surface area contributed by atoms with Crippen LogP contribution in [-0.4, -0.2) is 47.2 Å². The van der Waals surface area contributed by atoms with E-state index in [0.29, 0.717) is 6.54 Å². The van der Waals surface area contributed by atoms with E-state index in [9.17, 15) is 9.59 Å². The van der Waals surface area contributed by atoms with Gasteiger partial charge in [-0.1, -0.05) is 12.8 Å². The minimum Gasteiger partial charge on any atom is -0.444 e. The highest BCUT2D eigenvalue weighted by Gasteiger charge is 2.35. The van der Waals surface area contributed by atoms with Gasteiger partial charge < -0.3 is 20.7 Å². The third-order valence-electron chi connectivity index (χ3n) is 3.84. The lowest BCUT2D eigenvalue weighted by Gasteiger charge is -2.40. The first-order valence-electron chi connectivity index (χ1n) is 8.21. The largest absolute Gasteiger partial charge is 0.444 e. The summed E-state index contributed by atoms with van der Waals surface area (Å²) in [5.41, 5.74) is 5.11. The van der Waals surface area contributed by atoms with Gasteiger partial charge >= 0.3 is 6.09 Å². The fraction of sp³-hybridized carbons (Fsp3) is 0.875. The van der Waals surface area contributed by atoms with Gasteiger partial charge in [-0.15, -0.1) is 0 Å². The monoisotopic (exact) mass is 313 g/mol. The van der Waals surface area contributed by atoms with Crippen LogP contribution in [0.4, 0.5) is 4.79 Å². The average Bonchev–Trinajstić information content (AvgIpc) is 2.39. The Kier molecular flexibility index (Phi) is 6.66. The minimum atomic E-state index is -0.542. The molecule has 3 N–H and O–H groups in total. The number of carbonyl (C=O) groups excluding carboxylic acids is 2. The fourth-order valence-corrected chi connectivity index (χ4v) is 2.79. The molecule has 0 radical (unpaired) electrons. The van der Waals surface area contributed by atoms with Crippen molar-refractivity contribution in [3.8, 4) is 0 Å². The quantitative estimate of drug-likeness (QED) is 0.831. The second-order valence-electron chi connectivity index (χ2n) is 7.02. The van der Waals surface area contributed by atoms with Gasteiger partial charge in [-0.3, -0.25) is 4.79 Å². The summed E-state index contributed by atoms with van der Waals surface area (Å²) in [6, 6.07) is -0.629. The summed E-state index contributed by atoms with van der Waals surface area (Å²) in [6.07, 6.45) is 3.52. The lowest BCUT2D eigenvalue weighted by molar-refractivity contribution is -0.123. The van der Waals surface area contributed by atoms with Crippen molar-refractivity contribution >= 4 is 12.0 Å². The zero-order valence-electron chi connectivity index (χ0n) is 14.5. The number of hydrogen-bond acceptors (Lipinski definition) is 4. The van der Waals surface area contributed by atoms with Crippen molar-refractivity contribution < 1.29 is 14.3 Å². The second-order valence-corrected chi connectivity index (χ2v) is 7.02. The predicted octanol–water partition coefficient (Wildman–Crippen LogP) is 2.02. The normalized spacial score (nSPS) is 23.5. The van der Waals surface area contributed by atoms with Crippen molar-refractivity contribution in [2.24, 2.45) is 5.73 Å². The molecule has 1 rings (SSSR count). The summed E-state index contributed by atoms with van der Waals surface area (Å²) < 4.78 is 5.49. The van der Waals surface area contributed by atoms with Crippen molar-refractivity contribution in [2.45, 2.75) is 84.0 Å². The smallest absolute Gasteiger partial charge is 0.410 e. The van der Waals surface area contributed by atoms with Crippen LogP contribution in [-0.2, 0) is 9.53 Å². The number of likely N-dealkylation sites (N-methyl/N-ethyl adjacent to an activating group) is 1. The van der Waals surface area contributed by atoms with Gasteiger partial charge in [-0.05, 0) is 47.5 Å². The number of nitrogens with two attached hydrogens (primary N) is 1. The molecule has 0 aromatic heterocycles. The van der Waals surface area contributed by atoms with Crippen LogP contribution in [0.5, 0.6) is 0 Å². The van der Waals surface area contributed by atoms with Gasteiger partial charge in [-0.2, -0.15) is 0 Å². The molecule has 6 nitrogen and oxygen atoms in total. The van der Waals surface area contributed by atoms with Gasteiger partial charge in [0.25, 0.3) is 0 Å². The third-order valence-corrected chi connectivity index (χ3v) is 3.84. The maximum absolute atomic E-state index is 12.4. The number of ether oxygens (including phenoxy) is 1. The van der Waals surface area contributed by atoms with E-state index in [1.54, 1.807) is 11.8 Å². The van der Waals surface area contributed by atoms with Crippen LogP contribution in [0.1, 0.15) is 60.3 Å². The summed E-state index contributed by atoms with van der Waals surface area (Å²) in [5, 5.41) is 2.99. The molecule has 0 saturated heterocycles. The lowest BCUT2D eigenvalue weighted by atomic mass is 9.89. The number of nitrogens with one attached hydrogen (secondary N) is 1. The predicted molar refractivity (Wildman–Crippen MR) is 86.5 cm³/mol. The Morgan fingerprint density at radius 3 is 2.41 bits per heavy atom. The minimum absolute atomic E-state index is 0.0312. The zero-order chi connectivity index (χ0) is 16.9. The van der Waals surface area contributed by atoms with Crippen LogP contribution in [0.3, 0.4) is 0 Å². The van der Waals surface area contributed by atoms with E-state index in [4.69, 9.17) is 10.5 Å². The molecule has 0 unspecified atom stereocenters. The molecule has 1 aliphatic rings. The van der Waals surface area contributed by atoms with E-state index < -0.39 is 11.6 Å². The molecular formula is C16H31N3O3. The molecule has 128 valence electrons. The molecule has 22 heavy (non-hydrogen) atoms. The maximum atomic E-state index is 12.4. The van der Waals surface area contributed by atoms with Crippen LogP contribution in [0.15, 0.2) is 0 Å². The van der Waals surface area contributed by atoms with Crippen molar-refractivity contribution in [3.05, 3.63) is 0 Å². The highest BCUT2D eigenvalue weighted by Crippen LogP contribution is 2.25. The molecule has 0 aliphatic heterocycles. The second kappa shape index (κ2) is 7.81. The van der Waals surface area contributed by atoms with Crippen molar-refractivity contribution in [3.63, 3.8) is 0 Å². The number of hydrogen-bond donors (Lipinski definition) is 2. The number of carbonyl (C=O) groups is 2. The van der Waals surface area contributed by atoms with Crippen LogP contribution < -0.4 is 11.1 Å². The van der Waals surface area contributed by atoms with Crippen LogP contribution >= 0.6 is 0 Å². The van der Waals surface area contributed by atoms with Gasteiger partial charge in [0.2, 0.25) is 5.91 Å². The van der Waals surface area contributed by atoms with Gasteiger partial charge in [0.1, 0.15) is 5.60 Å². The fourth-order valence-electron chi connectivity index (χ4n) is 2.79. The summed E-state index contributed by atoms with van der Waals surface area (Å²) in [4.78, 5) is 26.0. The number of nitrogens with zero attached hydrogens (tertiary/aromatic N) is 1.